The maximum atomic E-state index is 12.0. The fraction of sp³-hybridized carbons (Fsp3) is 0.917. The van der Waals surface area contributed by atoms with Gasteiger partial charge in [0.25, 0.3) is 0 Å². The lowest BCUT2D eigenvalue weighted by atomic mass is 10.1. The Hall–Kier alpha value is -0.570. The maximum absolute atomic E-state index is 12.0. The number of rotatable bonds is 6. The van der Waals surface area contributed by atoms with Gasteiger partial charge in [0.2, 0.25) is 5.91 Å². The van der Waals surface area contributed by atoms with Gasteiger partial charge in [-0.2, -0.15) is 0 Å². The summed E-state index contributed by atoms with van der Waals surface area (Å²) in [5.74, 6) is 1.07. The lowest BCUT2D eigenvalue weighted by Crippen LogP contribution is -2.43. The van der Waals surface area contributed by atoms with Crippen LogP contribution in [0.25, 0.3) is 0 Å². The predicted octanol–water partition coefficient (Wildman–Crippen LogP) is 1.92. The smallest absolute Gasteiger partial charge is 0.225 e. The second kappa shape index (κ2) is 5.50. The summed E-state index contributed by atoms with van der Waals surface area (Å²) in [6.45, 7) is 7.44. The monoisotopic (exact) mass is 213 g/mol. The van der Waals surface area contributed by atoms with Crippen molar-refractivity contribution in [1.82, 2.24) is 4.90 Å². The fourth-order valence-corrected chi connectivity index (χ4v) is 1.87. The van der Waals surface area contributed by atoms with Crippen LogP contribution in [0.2, 0.25) is 0 Å². The number of methoxy groups -OCH3 is 1. The summed E-state index contributed by atoms with van der Waals surface area (Å²) < 4.78 is 5.06. The molecule has 1 saturated carbocycles. The highest BCUT2D eigenvalue weighted by atomic mass is 16.5. The average Bonchev–Trinajstić information content (AvgIpc) is 3.00. The van der Waals surface area contributed by atoms with Gasteiger partial charge in [0.05, 0.1) is 6.61 Å². The molecule has 0 heterocycles. The molecule has 0 bridgehead atoms. The molecule has 15 heavy (non-hydrogen) atoms. The highest BCUT2D eigenvalue weighted by Gasteiger charge is 2.34. The van der Waals surface area contributed by atoms with Gasteiger partial charge in [0, 0.05) is 25.6 Å². The molecule has 3 heteroatoms. The first-order valence-electron chi connectivity index (χ1n) is 5.87. The average molecular weight is 213 g/mol. The van der Waals surface area contributed by atoms with Gasteiger partial charge in [-0.05, 0) is 25.7 Å². The molecule has 1 fully saturated rings. The second-order valence-electron chi connectivity index (χ2n) is 4.76. The zero-order valence-corrected chi connectivity index (χ0v) is 10.3. The van der Waals surface area contributed by atoms with E-state index in [-0.39, 0.29) is 11.8 Å². The van der Waals surface area contributed by atoms with Crippen molar-refractivity contribution in [3.05, 3.63) is 0 Å². The molecule has 1 unspecified atom stereocenters. The molecular weight excluding hydrogens is 190 g/mol. The molecule has 1 aliphatic rings. The molecule has 3 nitrogen and oxygen atoms in total. The first kappa shape index (κ1) is 12.5. The van der Waals surface area contributed by atoms with Crippen LogP contribution < -0.4 is 0 Å². The third kappa shape index (κ3) is 3.49. The molecule has 88 valence electrons. The molecule has 0 N–H and O–H groups in total. The fourth-order valence-electron chi connectivity index (χ4n) is 1.87. The minimum absolute atomic E-state index is 0.0862. The summed E-state index contributed by atoms with van der Waals surface area (Å²) in [6, 6.07) is 0.384. The summed E-state index contributed by atoms with van der Waals surface area (Å²) in [5, 5.41) is 0. The Morgan fingerprint density at radius 3 is 2.40 bits per heavy atom. The minimum Gasteiger partial charge on any atom is -0.383 e. The van der Waals surface area contributed by atoms with Crippen LogP contribution in [0.5, 0.6) is 0 Å². The van der Waals surface area contributed by atoms with Crippen molar-refractivity contribution in [2.45, 2.75) is 39.7 Å². The van der Waals surface area contributed by atoms with Crippen LogP contribution in [-0.2, 0) is 9.53 Å². The zero-order chi connectivity index (χ0) is 11.4. The normalized spacial score (nSPS) is 17.9. The Labute approximate surface area is 92.8 Å². The van der Waals surface area contributed by atoms with Crippen LogP contribution >= 0.6 is 0 Å². The van der Waals surface area contributed by atoms with Gasteiger partial charge in [-0.25, -0.2) is 0 Å². The van der Waals surface area contributed by atoms with Crippen LogP contribution in [0.15, 0.2) is 0 Å². The standard InChI is InChI=1S/C12H23NO2/c1-9(2)12(14)13(7-8-15-4)10(3)11-5-6-11/h9-11H,5-8H2,1-4H3. The largest absolute Gasteiger partial charge is 0.383 e. The van der Waals surface area contributed by atoms with Gasteiger partial charge < -0.3 is 9.64 Å². The van der Waals surface area contributed by atoms with E-state index in [1.165, 1.54) is 12.8 Å². The number of carbonyl (C=O) groups excluding carboxylic acids is 1. The minimum atomic E-state index is 0.0862. The number of amides is 1. The van der Waals surface area contributed by atoms with E-state index >= 15 is 0 Å². The Morgan fingerprint density at radius 2 is 2.00 bits per heavy atom. The summed E-state index contributed by atoms with van der Waals surface area (Å²) in [5.41, 5.74) is 0. The molecule has 1 amide bonds. The summed E-state index contributed by atoms with van der Waals surface area (Å²) >= 11 is 0. The van der Waals surface area contributed by atoms with Crippen molar-refractivity contribution in [2.24, 2.45) is 11.8 Å². The van der Waals surface area contributed by atoms with Gasteiger partial charge in [-0.1, -0.05) is 13.8 Å². The molecular formula is C12H23NO2. The van der Waals surface area contributed by atoms with Gasteiger partial charge >= 0.3 is 0 Å². The third-order valence-corrected chi connectivity index (χ3v) is 3.11. The van der Waals surface area contributed by atoms with Crippen molar-refractivity contribution in [3.63, 3.8) is 0 Å². The number of hydrogen-bond donors (Lipinski definition) is 0. The van der Waals surface area contributed by atoms with Gasteiger partial charge in [-0.3, -0.25) is 4.79 Å². The quantitative estimate of drug-likeness (QED) is 0.674. The number of nitrogens with zero attached hydrogens (tertiary/aromatic N) is 1. The van der Waals surface area contributed by atoms with Crippen LogP contribution in [0.1, 0.15) is 33.6 Å². The van der Waals surface area contributed by atoms with Crippen molar-refractivity contribution >= 4 is 5.91 Å². The molecule has 0 aliphatic heterocycles. The van der Waals surface area contributed by atoms with E-state index in [0.717, 1.165) is 12.5 Å². The first-order valence-corrected chi connectivity index (χ1v) is 5.87. The van der Waals surface area contributed by atoms with Crippen molar-refractivity contribution in [3.8, 4) is 0 Å². The van der Waals surface area contributed by atoms with E-state index in [1.807, 2.05) is 18.7 Å². The first-order chi connectivity index (χ1) is 7.07. The highest BCUT2D eigenvalue weighted by Crippen LogP contribution is 2.35. The number of ether oxygens (including phenoxy) is 1. The van der Waals surface area contributed by atoms with E-state index in [9.17, 15) is 4.79 Å². The Balaban J connectivity index is 2.54. The van der Waals surface area contributed by atoms with Gasteiger partial charge in [0.15, 0.2) is 0 Å². The molecule has 0 aromatic carbocycles. The zero-order valence-electron chi connectivity index (χ0n) is 10.3. The van der Waals surface area contributed by atoms with E-state index in [2.05, 4.69) is 6.92 Å². The molecule has 0 spiro atoms. The van der Waals surface area contributed by atoms with E-state index in [4.69, 9.17) is 4.74 Å². The Morgan fingerprint density at radius 1 is 1.40 bits per heavy atom. The predicted molar refractivity (Wildman–Crippen MR) is 60.6 cm³/mol. The van der Waals surface area contributed by atoms with Crippen LogP contribution in [0.4, 0.5) is 0 Å². The lowest BCUT2D eigenvalue weighted by Gasteiger charge is -2.30. The van der Waals surface area contributed by atoms with E-state index in [0.29, 0.717) is 12.6 Å². The number of carbonyl (C=O) groups is 1. The van der Waals surface area contributed by atoms with Crippen molar-refractivity contribution in [2.75, 3.05) is 20.3 Å². The molecule has 1 aliphatic carbocycles. The topological polar surface area (TPSA) is 29.5 Å². The SMILES string of the molecule is COCCN(C(=O)C(C)C)C(C)C1CC1. The maximum Gasteiger partial charge on any atom is 0.225 e. The number of hydrogen-bond acceptors (Lipinski definition) is 2. The van der Waals surface area contributed by atoms with Crippen LogP contribution in [0, 0.1) is 11.8 Å². The molecule has 1 rings (SSSR count). The summed E-state index contributed by atoms with van der Waals surface area (Å²) in [7, 11) is 1.68. The molecule has 0 radical (unpaired) electrons. The molecule has 0 aromatic rings. The van der Waals surface area contributed by atoms with Crippen LogP contribution in [-0.4, -0.2) is 37.1 Å². The van der Waals surface area contributed by atoms with Crippen molar-refractivity contribution < 1.29 is 9.53 Å². The molecule has 0 aromatic heterocycles. The van der Waals surface area contributed by atoms with Crippen LogP contribution in [0.3, 0.4) is 0 Å². The Bertz CT molecular complexity index is 212. The summed E-state index contributed by atoms with van der Waals surface area (Å²) in [4.78, 5) is 14.0. The second-order valence-corrected chi connectivity index (χ2v) is 4.76. The molecule has 1 atom stereocenters. The highest BCUT2D eigenvalue weighted by molar-refractivity contribution is 5.78. The van der Waals surface area contributed by atoms with E-state index in [1.54, 1.807) is 7.11 Å². The van der Waals surface area contributed by atoms with Gasteiger partial charge in [0.1, 0.15) is 0 Å². The lowest BCUT2D eigenvalue weighted by molar-refractivity contribution is -0.137. The molecule has 0 saturated heterocycles. The third-order valence-electron chi connectivity index (χ3n) is 3.11. The van der Waals surface area contributed by atoms with Crippen molar-refractivity contribution in [1.29, 1.82) is 0 Å². The summed E-state index contributed by atoms with van der Waals surface area (Å²) in [6.07, 6.45) is 2.55. The Kier molecular flexibility index (Phi) is 4.58. The van der Waals surface area contributed by atoms with Gasteiger partial charge in [-0.15, -0.1) is 0 Å². The van der Waals surface area contributed by atoms with E-state index < -0.39 is 0 Å².